The number of esters is 1. The molecule has 1 heterocycles. The van der Waals surface area contributed by atoms with Gasteiger partial charge in [0.05, 0.1) is 30.1 Å². The molecule has 10 heteroatoms. The Morgan fingerprint density at radius 3 is 2.42 bits per heavy atom. The molecule has 0 unspecified atom stereocenters. The number of carbonyl (C=O) groups is 1. The quantitative estimate of drug-likeness (QED) is 0.286. The minimum absolute atomic E-state index is 0.147. The third kappa shape index (κ3) is 4.50. The monoisotopic (exact) mass is 462 g/mol. The molecule has 1 aromatic heterocycles. The van der Waals surface area contributed by atoms with Crippen LogP contribution in [0.15, 0.2) is 60.7 Å². The second-order valence-electron chi connectivity index (χ2n) is 7.02. The molecule has 170 valence electrons. The SMILES string of the molecule is COc1ccc2c(c1)c(OC(=O)c1c(F)cccc1C(F)(F)F)nn2Cc1ccc(F)cc1. The van der Waals surface area contributed by atoms with Crippen molar-refractivity contribution in [2.75, 3.05) is 7.11 Å². The summed E-state index contributed by atoms with van der Waals surface area (Å²) < 4.78 is 79.1. The number of methoxy groups -OCH3 is 1. The van der Waals surface area contributed by atoms with E-state index in [1.54, 1.807) is 12.1 Å². The maximum Gasteiger partial charge on any atom is 0.417 e. The summed E-state index contributed by atoms with van der Waals surface area (Å²) >= 11 is 0. The summed E-state index contributed by atoms with van der Waals surface area (Å²) in [6, 6.07) is 12.5. The smallest absolute Gasteiger partial charge is 0.417 e. The summed E-state index contributed by atoms with van der Waals surface area (Å²) in [5.74, 6) is -3.29. The summed E-state index contributed by atoms with van der Waals surface area (Å²) in [6.45, 7) is 0.147. The lowest BCUT2D eigenvalue weighted by Gasteiger charge is -2.12. The highest BCUT2D eigenvalue weighted by molar-refractivity contribution is 5.96. The van der Waals surface area contributed by atoms with Crippen molar-refractivity contribution in [1.29, 1.82) is 0 Å². The molecule has 0 radical (unpaired) electrons. The van der Waals surface area contributed by atoms with Crippen molar-refractivity contribution in [2.24, 2.45) is 0 Å². The Bertz CT molecular complexity index is 1330. The first-order valence-electron chi connectivity index (χ1n) is 9.54. The zero-order chi connectivity index (χ0) is 23.8. The average molecular weight is 462 g/mol. The lowest BCUT2D eigenvalue weighted by Crippen LogP contribution is -2.19. The van der Waals surface area contributed by atoms with Crippen LogP contribution in [0.2, 0.25) is 0 Å². The Kier molecular flexibility index (Phi) is 5.75. The van der Waals surface area contributed by atoms with Gasteiger partial charge in [-0.15, -0.1) is 5.10 Å². The summed E-state index contributed by atoms with van der Waals surface area (Å²) in [4.78, 5) is 12.6. The topological polar surface area (TPSA) is 53.4 Å². The minimum atomic E-state index is -4.97. The van der Waals surface area contributed by atoms with Crippen LogP contribution in [-0.4, -0.2) is 22.9 Å². The fourth-order valence-electron chi connectivity index (χ4n) is 3.32. The molecule has 0 N–H and O–H groups in total. The van der Waals surface area contributed by atoms with Gasteiger partial charge in [-0.25, -0.2) is 13.6 Å². The Morgan fingerprint density at radius 1 is 1.03 bits per heavy atom. The van der Waals surface area contributed by atoms with Gasteiger partial charge in [-0.2, -0.15) is 13.2 Å². The largest absolute Gasteiger partial charge is 0.497 e. The van der Waals surface area contributed by atoms with Gasteiger partial charge in [0.2, 0.25) is 5.88 Å². The van der Waals surface area contributed by atoms with E-state index in [1.807, 2.05) is 0 Å². The van der Waals surface area contributed by atoms with E-state index >= 15 is 0 Å². The molecule has 4 aromatic rings. The minimum Gasteiger partial charge on any atom is -0.497 e. The van der Waals surface area contributed by atoms with Crippen LogP contribution in [-0.2, 0) is 12.7 Å². The van der Waals surface area contributed by atoms with E-state index in [4.69, 9.17) is 9.47 Å². The zero-order valence-corrected chi connectivity index (χ0v) is 17.0. The van der Waals surface area contributed by atoms with Crippen LogP contribution in [0.3, 0.4) is 0 Å². The Labute approximate surface area is 184 Å². The van der Waals surface area contributed by atoms with E-state index in [9.17, 15) is 26.7 Å². The van der Waals surface area contributed by atoms with Gasteiger partial charge in [0.1, 0.15) is 22.9 Å². The number of halogens is 5. The molecule has 0 bridgehead atoms. The first-order valence-corrected chi connectivity index (χ1v) is 9.54. The van der Waals surface area contributed by atoms with Crippen molar-refractivity contribution in [3.05, 3.63) is 89.0 Å². The van der Waals surface area contributed by atoms with E-state index < -0.39 is 34.9 Å². The first kappa shape index (κ1) is 22.3. The van der Waals surface area contributed by atoms with Crippen LogP contribution in [0.25, 0.3) is 10.9 Å². The normalized spacial score (nSPS) is 11.6. The summed E-state index contributed by atoms with van der Waals surface area (Å²) in [7, 11) is 1.41. The van der Waals surface area contributed by atoms with Gasteiger partial charge in [-0.1, -0.05) is 18.2 Å². The maximum atomic E-state index is 14.2. The van der Waals surface area contributed by atoms with Crippen LogP contribution in [0.1, 0.15) is 21.5 Å². The summed E-state index contributed by atoms with van der Waals surface area (Å²) in [5.41, 5.74) is -1.57. The molecule has 0 saturated carbocycles. The Hall–Kier alpha value is -3.95. The third-order valence-electron chi connectivity index (χ3n) is 4.88. The van der Waals surface area contributed by atoms with Gasteiger partial charge in [-0.05, 0) is 48.0 Å². The maximum absolute atomic E-state index is 14.2. The van der Waals surface area contributed by atoms with Crippen molar-refractivity contribution in [3.8, 4) is 11.6 Å². The van der Waals surface area contributed by atoms with Crippen LogP contribution < -0.4 is 9.47 Å². The van der Waals surface area contributed by atoms with E-state index in [2.05, 4.69) is 5.10 Å². The molecule has 0 spiro atoms. The number of carbonyl (C=O) groups excluding carboxylic acids is 1. The number of benzene rings is 3. The number of nitrogens with zero attached hydrogens (tertiary/aromatic N) is 2. The van der Waals surface area contributed by atoms with E-state index in [1.165, 1.54) is 42.1 Å². The Balaban J connectivity index is 1.77. The van der Waals surface area contributed by atoms with Gasteiger partial charge in [0.15, 0.2) is 0 Å². The van der Waals surface area contributed by atoms with Crippen LogP contribution in [0.5, 0.6) is 11.6 Å². The standard InChI is InChI=1S/C23H15F5N2O3/c1-32-15-9-10-19-16(11-15)21(29-30(19)12-13-5-7-14(24)8-6-13)33-22(31)20-17(23(26,27)28)3-2-4-18(20)25/h2-11H,12H2,1H3. The number of aromatic nitrogens is 2. The first-order chi connectivity index (χ1) is 15.7. The molecule has 0 saturated heterocycles. The van der Waals surface area contributed by atoms with Gasteiger partial charge < -0.3 is 9.47 Å². The molecule has 0 fully saturated rings. The molecule has 0 aliphatic carbocycles. The van der Waals surface area contributed by atoms with Gasteiger partial charge in [-0.3, -0.25) is 4.68 Å². The highest BCUT2D eigenvalue weighted by Gasteiger charge is 2.37. The van der Waals surface area contributed by atoms with E-state index in [-0.39, 0.29) is 17.8 Å². The predicted octanol–water partition coefficient (Wildman–Crippen LogP) is 5.61. The third-order valence-corrected chi connectivity index (χ3v) is 4.88. The number of hydrogen-bond acceptors (Lipinski definition) is 4. The molecule has 4 rings (SSSR count). The number of alkyl halides is 3. The van der Waals surface area contributed by atoms with Crippen LogP contribution >= 0.6 is 0 Å². The molecule has 0 atom stereocenters. The number of ether oxygens (including phenoxy) is 2. The van der Waals surface area contributed by atoms with Gasteiger partial charge in [0, 0.05) is 0 Å². The average Bonchev–Trinajstić information content (AvgIpc) is 3.10. The van der Waals surface area contributed by atoms with Crippen LogP contribution in [0, 0.1) is 11.6 Å². The zero-order valence-electron chi connectivity index (χ0n) is 17.0. The van der Waals surface area contributed by atoms with E-state index in [0.717, 1.165) is 12.1 Å². The molecule has 5 nitrogen and oxygen atoms in total. The number of fused-ring (bicyclic) bond motifs is 1. The molecular weight excluding hydrogens is 447 g/mol. The number of hydrogen-bond donors (Lipinski definition) is 0. The molecule has 3 aromatic carbocycles. The predicted molar refractivity (Wildman–Crippen MR) is 108 cm³/mol. The second kappa shape index (κ2) is 8.53. The second-order valence-corrected chi connectivity index (χ2v) is 7.02. The fourth-order valence-corrected chi connectivity index (χ4v) is 3.32. The summed E-state index contributed by atoms with van der Waals surface area (Å²) in [5, 5.41) is 4.45. The van der Waals surface area contributed by atoms with Gasteiger partial charge in [0.25, 0.3) is 0 Å². The highest BCUT2D eigenvalue weighted by atomic mass is 19.4. The van der Waals surface area contributed by atoms with Crippen molar-refractivity contribution < 1.29 is 36.2 Å². The Morgan fingerprint density at radius 2 is 1.76 bits per heavy atom. The van der Waals surface area contributed by atoms with Crippen molar-refractivity contribution in [1.82, 2.24) is 9.78 Å². The fraction of sp³-hybridized carbons (Fsp3) is 0.130. The van der Waals surface area contributed by atoms with E-state index in [0.29, 0.717) is 22.9 Å². The van der Waals surface area contributed by atoms with Crippen molar-refractivity contribution in [2.45, 2.75) is 12.7 Å². The lowest BCUT2D eigenvalue weighted by atomic mass is 10.1. The van der Waals surface area contributed by atoms with Crippen LogP contribution in [0.4, 0.5) is 22.0 Å². The molecular formula is C23H15F5N2O3. The van der Waals surface area contributed by atoms with Crippen molar-refractivity contribution in [3.63, 3.8) is 0 Å². The molecule has 0 aliphatic rings. The molecule has 33 heavy (non-hydrogen) atoms. The van der Waals surface area contributed by atoms with Crippen molar-refractivity contribution >= 4 is 16.9 Å². The lowest BCUT2D eigenvalue weighted by molar-refractivity contribution is -0.138. The van der Waals surface area contributed by atoms with Gasteiger partial charge >= 0.3 is 12.1 Å². The molecule has 0 amide bonds. The molecule has 0 aliphatic heterocycles. The summed E-state index contributed by atoms with van der Waals surface area (Å²) in [6.07, 6.45) is -4.97. The number of rotatable bonds is 5. The highest BCUT2D eigenvalue weighted by Crippen LogP contribution is 2.35.